The van der Waals surface area contributed by atoms with Crippen molar-refractivity contribution < 1.29 is 23.8 Å². The summed E-state index contributed by atoms with van der Waals surface area (Å²) in [5.41, 5.74) is 4.58. The van der Waals surface area contributed by atoms with Crippen molar-refractivity contribution in [1.29, 1.82) is 0 Å². The molecular weight excluding hydrogens is 404 g/mol. The molecule has 1 aliphatic heterocycles. The van der Waals surface area contributed by atoms with Crippen molar-refractivity contribution in [2.75, 3.05) is 19.8 Å². The Kier molecular flexibility index (Phi) is 7.49. The van der Waals surface area contributed by atoms with E-state index in [0.29, 0.717) is 37.4 Å². The van der Waals surface area contributed by atoms with E-state index in [-0.39, 0.29) is 23.2 Å². The molecule has 1 spiro atoms. The van der Waals surface area contributed by atoms with Crippen LogP contribution in [0.25, 0.3) is 5.57 Å². The van der Waals surface area contributed by atoms with Gasteiger partial charge in [-0.15, -0.1) is 0 Å². The van der Waals surface area contributed by atoms with E-state index >= 15 is 0 Å². The van der Waals surface area contributed by atoms with Crippen molar-refractivity contribution in [3.8, 4) is 0 Å². The average molecular weight is 443 g/mol. The van der Waals surface area contributed by atoms with Crippen molar-refractivity contribution >= 4 is 17.5 Å². The van der Waals surface area contributed by atoms with E-state index in [4.69, 9.17) is 14.2 Å². The molecule has 0 unspecified atom stereocenters. The summed E-state index contributed by atoms with van der Waals surface area (Å²) in [6.45, 7) is 13.8. The van der Waals surface area contributed by atoms with Gasteiger partial charge in [0.2, 0.25) is 0 Å². The Morgan fingerprint density at radius 2 is 1.66 bits per heavy atom. The SMILES string of the molecule is CCc1cc(C)cc(CC)c1C1=C(OC(=O)OCC(C)(C)C)CC2(CCOCC2)CC1=O. The Morgan fingerprint density at radius 3 is 2.19 bits per heavy atom. The van der Waals surface area contributed by atoms with Crippen molar-refractivity contribution in [3.05, 3.63) is 40.1 Å². The van der Waals surface area contributed by atoms with Crippen molar-refractivity contribution in [2.24, 2.45) is 10.8 Å². The van der Waals surface area contributed by atoms with Gasteiger partial charge >= 0.3 is 6.16 Å². The van der Waals surface area contributed by atoms with Gasteiger partial charge in [0, 0.05) is 26.1 Å². The minimum atomic E-state index is -0.729. The van der Waals surface area contributed by atoms with Gasteiger partial charge in [-0.25, -0.2) is 4.79 Å². The van der Waals surface area contributed by atoms with Gasteiger partial charge in [0.25, 0.3) is 0 Å². The molecule has 1 saturated heterocycles. The van der Waals surface area contributed by atoms with Gasteiger partial charge in [-0.3, -0.25) is 4.79 Å². The third-order valence-corrected chi connectivity index (χ3v) is 6.47. The first-order valence-corrected chi connectivity index (χ1v) is 11.9. The number of hydrogen-bond donors (Lipinski definition) is 0. The largest absolute Gasteiger partial charge is 0.513 e. The maximum atomic E-state index is 13.7. The highest BCUT2D eigenvalue weighted by Crippen LogP contribution is 2.48. The second-order valence-electron chi connectivity index (χ2n) is 10.6. The molecule has 0 saturated carbocycles. The van der Waals surface area contributed by atoms with Crippen LogP contribution in [-0.4, -0.2) is 31.8 Å². The average Bonchev–Trinajstić information content (AvgIpc) is 2.72. The fourth-order valence-electron chi connectivity index (χ4n) is 4.83. The number of hydrogen-bond acceptors (Lipinski definition) is 5. The van der Waals surface area contributed by atoms with E-state index in [1.54, 1.807) is 0 Å². The van der Waals surface area contributed by atoms with Crippen LogP contribution in [0.3, 0.4) is 0 Å². The number of rotatable bonds is 5. The molecule has 0 atom stereocenters. The molecule has 1 fully saturated rings. The summed E-state index contributed by atoms with van der Waals surface area (Å²) in [4.78, 5) is 26.3. The Hall–Kier alpha value is -2.14. The van der Waals surface area contributed by atoms with Crippen LogP contribution < -0.4 is 0 Å². The van der Waals surface area contributed by atoms with Crippen LogP contribution in [0.1, 0.15) is 82.6 Å². The Morgan fingerprint density at radius 1 is 1.06 bits per heavy atom. The number of carbonyl (C=O) groups is 2. The Labute approximate surface area is 192 Å². The zero-order valence-electron chi connectivity index (χ0n) is 20.6. The fraction of sp³-hybridized carbons (Fsp3) is 0.630. The van der Waals surface area contributed by atoms with Crippen LogP contribution in [0.5, 0.6) is 0 Å². The van der Waals surface area contributed by atoms with Crippen molar-refractivity contribution in [2.45, 2.75) is 80.1 Å². The van der Waals surface area contributed by atoms with Crippen LogP contribution in [0.2, 0.25) is 0 Å². The van der Waals surface area contributed by atoms with E-state index in [1.807, 2.05) is 20.8 Å². The standard InChI is InChI=1S/C27H38O5/c1-7-19-13-18(3)14-20(8-2)23(19)24-21(28)15-27(9-11-30-12-10-27)16-22(24)32-25(29)31-17-26(4,5)6/h13-14H,7-12,15-17H2,1-6H3. The third kappa shape index (κ3) is 5.61. The summed E-state index contributed by atoms with van der Waals surface area (Å²) in [6.07, 6.45) is 3.50. The highest BCUT2D eigenvalue weighted by molar-refractivity contribution is 6.23. The molecule has 0 N–H and O–H groups in total. The molecule has 2 aliphatic rings. The van der Waals surface area contributed by atoms with Gasteiger partial charge in [-0.1, -0.05) is 52.3 Å². The Bertz CT molecular complexity index is 872. The van der Waals surface area contributed by atoms with Gasteiger partial charge < -0.3 is 14.2 Å². The Balaban J connectivity index is 2.08. The number of benzene rings is 1. The smallest absolute Gasteiger partial charge is 0.433 e. The number of Topliss-reactive ketones (excluding diaryl/α,β-unsaturated/α-hetero) is 1. The molecule has 1 heterocycles. The third-order valence-electron chi connectivity index (χ3n) is 6.47. The molecule has 1 aliphatic carbocycles. The predicted octanol–water partition coefficient (Wildman–Crippen LogP) is 6.19. The van der Waals surface area contributed by atoms with Gasteiger partial charge in [-0.05, 0) is 60.1 Å². The van der Waals surface area contributed by atoms with Gasteiger partial charge in [0.05, 0.1) is 12.2 Å². The first-order valence-electron chi connectivity index (χ1n) is 11.9. The minimum Gasteiger partial charge on any atom is -0.433 e. The topological polar surface area (TPSA) is 61.8 Å². The first-order chi connectivity index (χ1) is 15.1. The van der Waals surface area contributed by atoms with E-state index in [0.717, 1.165) is 42.4 Å². The number of carbonyl (C=O) groups excluding carboxylic acids is 2. The lowest BCUT2D eigenvalue weighted by Crippen LogP contribution is -2.37. The summed E-state index contributed by atoms with van der Waals surface area (Å²) in [5.74, 6) is 0.528. The number of allylic oxidation sites excluding steroid dienone is 2. The summed E-state index contributed by atoms with van der Waals surface area (Å²) < 4.78 is 16.8. The van der Waals surface area contributed by atoms with E-state index in [9.17, 15) is 9.59 Å². The lowest BCUT2D eigenvalue weighted by molar-refractivity contribution is -0.119. The maximum absolute atomic E-state index is 13.7. The number of ether oxygens (including phenoxy) is 3. The molecular formula is C27H38O5. The lowest BCUT2D eigenvalue weighted by Gasteiger charge is -2.40. The second kappa shape index (κ2) is 9.78. The van der Waals surface area contributed by atoms with Gasteiger partial charge in [0.15, 0.2) is 5.78 Å². The van der Waals surface area contributed by atoms with Gasteiger partial charge in [0.1, 0.15) is 5.76 Å². The molecule has 1 aromatic rings. The first kappa shape index (κ1) is 24.5. The van der Waals surface area contributed by atoms with Crippen LogP contribution >= 0.6 is 0 Å². The summed E-state index contributed by atoms with van der Waals surface area (Å²) in [7, 11) is 0. The number of ketones is 1. The summed E-state index contributed by atoms with van der Waals surface area (Å²) in [5, 5.41) is 0. The van der Waals surface area contributed by atoms with Crippen LogP contribution in [0.4, 0.5) is 4.79 Å². The molecule has 0 bridgehead atoms. The minimum absolute atomic E-state index is 0.0602. The summed E-state index contributed by atoms with van der Waals surface area (Å²) >= 11 is 0. The molecule has 1 aromatic carbocycles. The van der Waals surface area contributed by atoms with Gasteiger partial charge in [-0.2, -0.15) is 0 Å². The summed E-state index contributed by atoms with van der Waals surface area (Å²) in [6, 6.07) is 4.28. The van der Waals surface area contributed by atoms with Crippen LogP contribution in [0.15, 0.2) is 17.9 Å². The normalized spacial score (nSPS) is 18.8. The highest BCUT2D eigenvalue weighted by Gasteiger charge is 2.43. The molecule has 5 heteroatoms. The van der Waals surface area contributed by atoms with Crippen LogP contribution in [-0.2, 0) is 31.8 Å². The second-order valence-corrected chi connectivity index (χ2v) is 10.6. The van der Waals surface area contributed by atoms with Crippen molar-refractivity contribution in [3.63, 3.8) is 0 Å². The zero-order chi connectivity index (χ0) is 23.5. The molecule has 0 amide bonds. The van der Waals surface area contributed by atoms with E-state index in [1.165, 1.54) is 5.56 Å². The zero-order valence-corrected chi connectivity index (χ0v) is 20.6. The van der Waals surface area contributed by atoms with E-state index < -0.39 is 6.16 Å². The predicted molar refractivity (Wildman–Crippen MR) is 125 cm³/mol. The highest BCUT2D eigenvalue weighted by atomic mass is 16.7. The van der Waals surface area contributed by atoms with Crippen LogP contribution in [0, 0.1) is 17.8 Å². The molecule has 5 nitrogen and oxygen atoms in total. The monoisotopic (exact) mass is 442 g/mol. The fourth-order valence-corrected chi connectivity index (χ4v) is 4.83. The molecule has 32 heavy (non-hydrogen) atoms. The maximum Gasteiger partial charge on any atom is 0.513 e. The van der Waals surface area contributed by atoms with E-state index in [2.05, 4.69) is 32.9 Å². The molecule has 0 aromatic heterocycles. The quantitative estimate of drug-likeness (QED) is 0.509. The number of aryl methyl sites for hydroxylation is 3. The molecule has 176 valence electrons. The molecule has 0 radical (unpaired) electrons. The van der Waals surface area contributed by atoms with Crippen molar-refractivity contribution in [1.82, 2.24) is 0 Å². The molecule has 3 rings (SSSR count). The lowest BCUT2D eigenvalue weighted by atomic mass is 9.67.